The van der Waals surface area contributed by atoms with Gasteiger partial charge in [0.15, 0.2) is 11.4 Å². The number of fused-ring (bicyclic) bond motifs is 2. The highest BCUT2D eigenvalue weighted by atomic mass is 19.4. The molecule has 3 aromatic rings. The van der Waals surface area contributed by atoms with Gasteiger partial charge in [-0.2, -0.15) is 13.2 Å². The van der Waals surface area contributed by atoms with Crippen LogP contribution in [0.1, 0.15) is 35.0 Å². The van der Waals surface area contributed by atoms with Crippen LogP contribution >= 0.6 is 0 Å². The molecule has 0 atom stereocenters. The number of aryl methyl sites for hydroxylation is 2. The third kappa shape index (κ3) is 4.19. The molecule has 5 rings (SSSR count). The first kappa shape index (κ1) is 25.4. The Hall–Kier alpha value is -4.21. The maximum absolute atomic E-state index is 16.2. The number of nitrogens with zero attached hydrogens (tertiary/aromatic N) is 2. The second-order valence-corrected chi connectivity index (χ2v) is 9.39. The highest BCUT2D eigenvalue weighted by Gasteiger charge is 2.55. The Morgan fingerprint density at radius 2 is 1.63 bits per heavy atom. The Morgan fingerprint density at radius 1 is 0.974 bits per heavy atom. The molecule has 1 amide bonds. The number of hydrogen-bond donors (Lipinski definition) is 1. The molecule has 194 valence electrons. The number of rotatable bonds is 4. The SMILES string of the molecule is CC1=CC(/C=C/c2ccc(NC(=O)C(F)(F)F)cc2)=[N+]2C1=C(c1ccccc1)c1c(C)cc(C)n1[B-]2(F)F. The summed E-state index contributed by atoms with van der Waals surface area (Å²) in [5, 5.41) is 1.78. The van der Waals surface area contributed by atoms with E-state index in [1.165, 1.54) is 24.3 Å². The van der Waals surface area contributed by atoms with Crippen molar-refractivity contribution in [3.8, 4) is 0 Å². The number of nitrogens with one attached hydrogen (secondary N) is 1. The van der Waals surface area contributed by atoms with Crippen molar-refractivity contribution in [3.05, 3.63) is 112 Å². The van der Waals surface area contributed by atoms with Crippen LogP contribution in [0.15, 0.2) is 84.1 Å². The lowest BCUT2D eigenvalue weighted by Crippen LogP contribution is -2.51. The topological polar surface area (TPSA) is 37.0 Å². The van der Waals surface area contributed by atoms with E-state index < -0.39 is 19.1 Å². The van der Waals surface area contributed by atoms with E-state index in [0.29, 0.717) is 33.9 Å². The van der Waals surface area contributed by atoms with Gasteiger partial charge in [-0.3, -0.25) is 4.79 Å². The van der Waals surface area contributed by atoms with E-state index in [-0.39, 0.29) is 5.69 Å². The van der Waals surface area contributed by atoms with Crippen molar-refractivity contribution in [2.24, 2.45) is 0 Å². The number of carbonyl (C=O) groups excluding carboxylic acids is 1. The van der Waals surface area contributed by atoms with Crippen LogP contribution in [0.25, 0.3) is 11.6 Å². The zero-order chi connectivity index (χ0) is 27.4. The minimum absolute atomic E-state index is 0.0247. The van der Waals surface area contributed by atoms with E-state index in [1.807, 2.05) is 37.3 Å². The summed E-state index contributed by atoms with van der Waals surface area (Å²) in [6.07, 6.45) is -0.118. The summed E-state index contributed by atoms with van der Waals surface area (Å²) < 4.78 is 72.2. The molecule has 38 heavy (non-hydrogen) atoms. The predicted octanol–water partition coefficient (Wildman–Crippen LogP) is 6.73. The van der Waals surface area contributed by atoms with Crippen LogP contribution in [0.2, 0.25) is 0 Å². The van der Waals surface area contributed by atoms with Crippen LogP contribution in [-0.2, 0) is 4.79 Å². The molecule has 2 aliphatic heterocycles. The monoisotopic (exact) mass is 523 g/mol. The van der Waals surface area contributed by atoms with Crippen molar-refractivity contribution in [3.63, 3.8) is 0 Å². The number of benzene rings is 2. The van der Waals surface area contributed by atoms with E-state index in [9.17, 15) is 18.0 Å². The second kappa shape index (κ2) is 8.97. The summed E-state index contributed by atoms with van der Waals surface area (Å²) in [5.41, 5.74) is 5.25. The number of allylic oxidation sites excluding steroid dienone is 3. The summed E-state index contributed by atoms with van der Waals surface area (Å²) in [6.45, 7) is 1.09. The number of aromatic nitrogens is 1. The van der Waals surface area contributed by atoms with Gasteiger partial charge in [-0.05, 0) is 67.4 Å². The number of amides is 1. The Bertz CT molecular complexity index is 1580. The van der Waals surface area contributed by atoms with Gasteiger partial charge in [0.25, 0.3) is 0 Å². The van der Waals surface area contributed by atoms with Crippen LogP contribution in [0.4, 0.5) is 27.5 Å². The molecule has 0 bridgehead atoms. The number of alkyl halides is 3. The van der Waals surface area contributed by atoms with Gasteiger partial charge in [0.2, 0.25) is 0 Å². The molecular weight excluding hydrogens is 500 g/mol. The zero-order valence-electron chi connectivity index (χ0n) is 20.8. The molecule has 0 fully saturated rings. The molecular formula is C28H23BF5N3O. The van der Waals surface area contributed by atoms with Gasteiger partial charge in [0, 0.05) is 29.1 Å². The highest BCUT2D eigenvalue weighted by Crippen LogP contribution is 2.44. The maximum Gasteiger partial charge on any atom is 0.737 e. The molecule has 2 aromatic carbocycles. The zero-order valence-corrected chi connectivity index (χ0v) is 20.8. The van der Waals surface area contributed by atoms with Crippen molar-refractivity contribution in [1.82, 2.24) is 4.48 Å². The van der Waals surface area contributed by atoms with Gasteiger partial charge < -0.3 is 22.9 Å². The van der Waals surface area contributed by atoms with Gasteiger partial charge in [0.1, 0.15) is 0 Å². The number of halogens is 5. The Labute approximate surface area is 216 Å². The van der Waals surface area contributed by atoms with Crippen LogP contribution in [-0.4, -0.2) is 33.7 Å². The summed E-state index contributed by atoms with van der Waals surface area (Å²) in [7, 11) is 0. The molecule has 0 saturated carbocycles. The molecule has 1 aromatic heterocycles. The first-order valence-electron chi connectivity index (χ1n) is 11.9. The minimum Gasteiger partial charge on any atom is -0.393 e. The molecule has 0 saturated heterocycles. The highest BCUT2D eigenvalue weighted by molar-refractivity contribution is 6.58. The number of carbonyl (C=O) groups is 1. The quantitative estimate of drug-likeness (QED) is 0.299. The van der Waals surface area contributed by atoms with Crippen LogP contribution in [0.3, 0.4) is 0 Å². The lowest BCUT2D eigenvalue weighted by molar-refractivity contribution is -0.362. The van der Waals surface area contributed by atoms with Crippen molar-refractivity contribution in [1.29, 1.82) is 0 Å². The Balaban J connectivity index is 1.59. The first-order valence-corrected chi connectivity index (χ1v) is 11.9. The van der Waals surface area contributed by atoms with Crippen molar-refractivity contribution in [2.75, 3.05) is 5.32 Å². The summed E-state index contributed by atoms with van der Waals surface area (Å²) in [4.78, 5) is 11.1. The largest absolute Gasteiger partial charge is 0.737 e. The van der Waals surface area contributed by atoms with Gasteiger partial charge in [-0.15, -0.1) is 0 Å². The fourth-order valence-corrected chi connectivity index (χ4v) is 5.16. The van der Waals surface area contributed by atoms with Gasteiger partial charge in [-0.1, -0.05) is 42.5 Å². The predicted molar refractivity (Wildman–Crippen MR) is 139 cm³/mol. The van der Waals surface area contributed by atoms with Crippen LogP contribution in [0.5, 0.6) is 0 Å². The third-order valence-corrected chi connectivity index (χ3v) is 6.71. The molecule has 0 radical (unpaired) electrons. The van der Waals surface area contributed by atoms with Gasteiger partial charge in [-0.25, -0.2) is 0 Å². The van der Waals surface area contributed by atoms with E-state index in [2.05, 4.69) is 0 Å². The minimum atomic E-state index is -5.00. The fourth-order valence-electron chi connectivity index (χ4n) is 5.16. The van der Waals surface area contributed by atoms with Crippen LogP contribution in [0, 0.1) is 13.8 Å². The van der Waals surface area contributed by atoms with E-state index in [0.717, 1.165) is 25.7 Å². The van der Waals surface area contributed by atoms with Gasteiger partial charge in [0.05, 0.1) is 5.57 Å². The van der Waals surface area contributed by atoms with Crippen molar-refractivity contribution < 1.29 is 31.1 Å². The summed E-state index contributed by atoms with van der Waals surface area (Å²) in [6, 6.07) is 16.8. The fraction of sp³-hybridized carbons (Fsp3) is 0.143. The van der Waals surface area contributed by atoms with Crippen molar-refractivity contribution >= 4 is 35.9 Å². The number of hydrogen-bond acceptors (Lipinski definition) is 1. The molecule has 0 aliphatic carbocycles. The molecule has 1 N–H and O–H groups in total. The molecule has 0 spiro atoms. The smallest absolute Gasteiger partial charge is 0.393 e. The summed E-state index contributed by atoms with van der Waals surface area (Å²) in [5.74, 6) is -2.07. The molecule has 0 unspecified atom stereocenters. The molecule has 2 aliphatic rings. The van der Waals surface area contributed by atoms with E-state index >= 15 is 8.63 Å². The Kier molecular flexibility index (Phi) is 6.01. The Morgan fingerprint density at radius 3 is 2.26 bits per heavy atom. The lowest BCUT2D eigenvalue weighted by Gasteiger charge is -2.34. The maximum atomic E-state index is 16.2. The number of anilines is 1. The third-order valence-electron chi connectivity index (χ3n) is 6.71. The molecule has 4 nitrogen and oxygen atoms in total. The normalized spacial score (nSPS) is 16.6. The van der Waals surface area contributed by atoms with Crippen LogP contribution < -0.4 is 5.32 Å². The molecule has 3 heterocycles. The molecule has 10 heteroatoms. The first-order chi connectivity index (χ1) is 17.9. The standard InChI is InChI=1S/C28H23BF5N3O/c1-17-15-19(3)36-25(17)24(21-7-5-4-6-8-21)26-18(2)16-23(37(26)29(36,33)34)14-11-20-9-12-22(13-10-20)35-27(38)28(30,31)32/h4-16H,1-3H3,(H,35,38)/b14-11+. The van der Waals surface area contributed by atoms with E-state index in [1.54, 1.807) is 43.5 Å². The van der Waals surface area contributed by atoms with Crippen molar-refractivity contribution in [2.45, 2.75) is 26.9 Å². The average Bonchev–Trinajstić information content (AvgIpc) is 3.35. The second-order valence-electron chi connectivity index (χ2n) is 9.39. The van der Waals surface area contributed by atoms with Gasteiger partial charge >= 0.3 is 19.1 Å². The summed E-state index contributed by atoms with van der Waals surface area (Å²) >= 11 is 0. The average molecular weight is 523 g/mol. The van der Waals surface area contributed by atoms with E-state index in [4.69, 9.17) is 0 Å². The lowest BCUT2D eigenvalue weighted by atomic mass is 9.84.